The van der Waals surface area contributed by atoms with Crippen LogP contribution < -0.4 is 0 Å². The maximum Gasteiger partial charge on any atom is 0.265 e. The largest absolute Gasteiger partial charge is 0.338 e. The summed E-state index contributed by atoms with van der Waals surface area (Å²) in [6, 6.07) is 1.78. The average Bonchev–Trinajstić information content (AvgIpc) is 2.65. The summed E-state index contributed by atoms with van der Waals surface area (Å²) in [6.45, 7) is 3.97. The summed E-state index contributed by atoms with van der Waals surface area (Å²) in [7, 11) is 0. The Morgan fingerprint density at radius 3 is 2.73 bits per heavy atom. The minimum atomic E-state index is 0.0990. The second-order valence-electron chi connectivity index (χ2n) is 4.07. The van der Waals surface area contributed by atoms with Crippen molar-refractivity contribution in [3.05, 3.63) is 21.3 Å². The number of nitrogens with zero attached hydrogens (tertiary/aromatic N) is 1. The standard InChI is InChI=1S/C11H14ClNOS/c1-8-2-5-13(6-3-8)11(14)10-9(12)4-7-15-10/h4,7-8H,2-3,5-6H2,1H3. The Kier molecular flexibility index (Phi) is 3.32. The Balaban J connectivity index is 2.06. The number of carbonyl (C=O) groups excluding carboxylic acids is 1. The first-order chi connectivity index (χ1) is 7.18. The van der Waals surface area contributed by atoms with Gasteiger partial charge in [0.2, 0.25) is 0 Å². The maximum absolute atomic E-state index is 12.0. The quantitative estimate of drug-likeness (QED) is 0.741. The number of piperidine rings is 1. The van der Waals surface area contributed by atoms with Crippen LogP contribution >= 0.6 is 22.9 Å². The molecule has 2 rings (SSSR count). The molecule has 2 heterocycles. The molecule has 0 aromatic carbocycles. The highest BCUT2D eigenvalue weighted by Crippen LogP contribution is 2.25. The lowest BCUT2D eigenvalue weighted by atomic mass is 9.99. The number of amides is 1. The molecule has 1 aromatic rings. The van der Waals surface area contributed by atoms with Gasteiger partial charge in [-0.2, -0.15) is 0 Å². The second-order valence-corrected chi connectivity index (χ2v) is 5.40. The van der Waals surface area contributed by atoms with Crippen LogP contribution in [0, 0.1) is 5.92 Å². The zero-order chi connectivity index (χ0) is 10.8. The van der Waals surface area contributed by atoms with Crippen molar-refractivity contribution in [1.82, 2.24) is 4.90 Å². The van der Waals surface area contributed by atoms with Crippen molar-refractivity contribution in [3.63, 3.8) is 0 Å². The SMILES string of the molecule is CC1CCN(C(=O)c2sccc2Cl)CC1. The number of hydrogen-bond donors (Lipinski definition) is 0. The van der Waals surface area contributed by atoms with Gasteiger partial charge in [-0.3, -0.25) is 4.79 Å². The van der Waals surface area contributed by atoms with Crippen molar-refractivity contribution in [3.8, 4) is 0 Å². The van der Waals surface area contributed by atoms with Gasteiger partial charge in [0, 0.05) is 13.1 Å². The van der Waals surface area contributed by atoms with Crippen LogP contribution in [0.4, 0.5) is 0 Å². The minimum Gasteiger partial charge on any atom is -0.338 e. The summed E-state index contributed by atoms with van der Waals surface area (Å²) in [4.78, 5) is 14.6. The lowest BCUT2D eigenvalue weighted by Crippen LogP contribution is -2.37. The smallest absolute Gasteiger partial charge is 0.265 e. The van der Waals surface area contributed by atoms with Crippen LogP contribution in [-0.2, 0) is 0 Å². The van der Waals surface area contributed by atoms with Gasteiger partial charge in [0.15, 0.2) is 0 Å². The van der Waals surface area contributed by atoms with Crippen LogP contribution in [0.5, 0.6) is 0 Å². The molecule has 1 aliphatic rings. The van der Waals surface area contributed by atoms with E-state index in [4.69, 9.17) is 11.6 Å². The number of rotatable bonds is 1. The number of halogens is 1. The Morgan fingerprint density at radius 2 is 2.20 bits per heavy atom. The van der Waals surface area contributed by atoms with Gasteiger partial charge in [-0.15, -0.1) is 11.3 Å². The van der Waals surface area contributed by atoms with Gasteiger partial charge in [-0.25, -0.2) is 0 Å². The third kappa shape index (κ3) is 2.34. The van der Waals surface area contributed by atoms with E-state index in [0.29, 0.717) is 9.90 Å². The van der Waals surface area contributed by atoms with Crippen molar-refractivity contribution in [2.24, 2.45) is 5.92 Å². The molecule has 0 N–H and O–H groups in total. The van der Waals surface area contributed by atoms with Gasteiger partial charge >= 0.3 is 0 Å². The van der Waals surface area contributed by atoms with Crippen LogP contribution in [0.2, 0.25) is 5.02 Å². The summed E-state index contributed by atoms with van der Waals surface area (Å²) in [5.41, 5.74) is 0. The van der Waals surface area contributed by atoms with Gasteiger partial charge < -0.3 is 4.90 Å². The van der Waals surface area contributed by atoms with Crippen molar-refractivity contribution >= 4 is 28.8 Å². The second kappa shape index (κ2) is 4.54. The highest BCUT2D eigenvalue weighted by atomic mass is 35.5. The fourth-order valence-corrected chi connectivity index (χ4v) is 2.90. The molecular weight excluding hydrogens is 230 g/mol. The molecule has 0 aliphatic carbocycles. The Hall–Kier alpha value is -0.540. The zero-order valence-electron chi connectivity index (χ0n) is 8.70. The third-order valence-electron chi connectivity index (χ3n) is 2.88. The lowest BCUT2D eigenvalue weighted by Gasteiger charge is -2.30. The first-order valence-electron chi connectivity index (χ1n) is 5.20. The molecule has 1 amide bonds. The predicted molar refractivity (Wildman–Crippen MR) is 63.6 cm³/mol. The van der Waals surface area contributed by atoms with Gasteiger partial charge in [0.25, 0.3) is 5.91 Å². The molecule has 0 bridgehead atoms. The van der Waals surface area contributed by atoms with E-state index in [1.807, 2.05) is 10.3 Å². The highest BCUT2D eigenvalue weighted by Gasteiger charge is 2.23. The van der Waals surface area contributed by atoms with E-state index in [0.717, 1.165) is 31.8 Å². The first kappa shape index (κ1) is 11.0. The van der Waals surface area contributed by atoms with Gasteiger partial charge in [-0.1, -0.05) is 18.5 Å². The summed E-state index contributed by atoms with van der Waals surface area (Å²) >= 11 is 7.37. The van der Waals surface area contributed by atoms with Crippen LogP contribution in [0.15, 0.2) is 11.4 Å². The van der Waals surface area contributed by atoms with Crippen molar-refractivity contribution in [1.29, 1.82) is 0 Å². The summed E-state index contributed by atoms with van der Waals surface area (Å²) in [6.07, 6.45) is 2.21. The normalized spacial score (nSPS) is 18.1. The molecule has 0 spiro atoms. The van der Waals surface area contributed by atoms with E-state index in [-0.39, 0.29) is 5.91 Å². The topological polar surface area (TPSA) is 20.3 Å². The van der Waals surface area contributed by atoms with Gasteiger partial charge in [0.05, 0.1) is 5.02 Å². The first-order valence-corrected chi connectivity index (χ1v) is 6.46. The van der Waals surface area contributed by atoms with Crippen molar-refractivity contribution in [2.75, 3.05) is 13.1 Å². The molecule has 82 valence electrons. The van der Waals surface area contributed by atoms with E-state index in [1.165, 1.54) is 11.3 Å². The van der Waals surface area contributed by atoms with Crippen LogP contribution in [-0.4, -0.2) is 23.9 Å². The molecule has 15 heavy (non-hydrogen) atoms. The molecule has 1 aliphatic heterocycles. The number of thiophene rings is 1. The Labute approximate surface area is 98.8 Å². The zero-order valence-corrected chi connectivity index (χ0v) is 10.3. The fraction of sp³-hybridized carbons (Fsp3) is 0.545. The van der Waals surface area contributed by atoms with Gasteiger partial charge in [-0.05, 0) is 30.2 Å². The number of likely N-dealkylation sites (tertiary alicyclic amines) is 1. The van der Waals surface area contributed by atoms with Crippen molar-refractivity contribution < 1.29 is 4.79 Å². The van der Waals surface area contributed by atoms with Gasteiger partial charge in [0.1, 0.15) is 4.88 Å². The molecule has 0 radical (unpaired) electrons. The molecule has 0 unspecified atom stereocenters. The van der Waals surface area contributed by atoms with E-state index in [9.17, 15) is 4.79 Å². The lowest BCUT2D eigenvalue weighted by molar-refractivity contribution is 0.0702. The summed E-state index contributed by atoms with van der Waals surface area (Å²) in [5.74, 6) is 0.842. The maximum atomic E-state index is 12.0. The fourth-order valence-electron chi connectivity index (χ4n) is 1.80. The molecule has 1 saturated heterocycles. The minimum absolute atomic E-state index is 0.0990. The van der Waals surface area contributed by atoms with E-state index in [1.54, 1.807) is 6.07 Å². The summed E-state index contributed by atoms with van der Waals surface area (Å²) in [5, 5.41) is 2.45. The molecular formula is C11H14ClNOS. The van der Waals surface area contributed by atoms with E-state index >= 15 is 0 Å². The Morgan fingerprint density at radius 1 is 1.53 bits per heavy atom. The van der Waals surface area contributed by atoms with Crippen LogP contribution in [0.25, 0.3) is 0 Å². The summed E-state index contributed by atoms with van der Waals surface area (Å²) < 4.78 is 0. The molecule has 1 fully saturated rings. The highest BCUT2D eigenvalue weighted by molar-refractivity contribution is 7.12. The molecule has 1 aromatic heterocycles. The molecule has 0 atom stereocenters. The molecule has 2 nitrogen and oxygen atoms in total. The van der Waals surface area contributed by atoms with Crippen LogP contribution in [0.1, 0.15) is 29.4 Å². The predicted octanol–water partition coefficient (Wildman–Crippen LogP) is 3.27. The molecule has 4 heteroatoms. The average molecular weight is 244 g/mol. The monoisotopic (exact) mass is 243 g/mol. The Bertz CT molecular complexity index is 355. The van der Waals surface area contributed by atoms with Crippen LogP contribution in [0.3, 0.4) is 0 Å². The van der Waals surface area contributed by atoms with Crippen molar-refractivity contribution in [2.45, 2.75) is 19.8 Å². The molecule has 0 saturated carbocycles. The number of hydrogen-bond acceptors (Lipinski definition) is 2. The number of carbonyl (C=O) groups is 1. The third-order valence-corrected chi connectivity index (χ3v) is 4.21. The van der Waals surface area contributed by atoms with E-state index < -0.39 is 0 Å². The van der Waals surface area contributed by atoms with E-state index in [2.05, 4.69) is 6.92 Å².